The molecule has 3 aromatic carbocycles. The number of hydrogen-bond acceptors (Lipinski definition) is 2. The summed E-state index contributed by atoms with van der Waals surface area (Å²) in [5, 5.41) is 4.17. The molecule has 0 bridgehead atoms. The largest absolute Gasteiger partial charge is 0.462 e. The fourth-order valence-corrected chi connectivity index (χ4v) is 8.55. The molecule has 0 amide bonds. The highest BCUT2D eigenvalue weighted by Crippen LogP contribution is 2.47. The lowest BCUT2D eigenvalue weighted by Crippen LogP contribution is -2.33. The summed E-state index contributed by atoms with van der Waals surface area (Å²) < 4.78 is 5.71. The molecule has 0 unspecified atom stereocenters. The lowest BCUT2D eigenvalue weighted by Gasteiger charge is -2.31. The van der Waals surface area contributed by atoms with Crippen LogP contribution in [0.5, 0.6) is 0 Å². The van der Waals surface area contributed by atoms with Gasteiger partial charge in [0.15, 0.2) is 0 Å². The van der Waals surface area contributed by atoms with E-state index in [4.69, 9.17) is 4.74 Å². The van der Waals surface area contributed by atoms with Crippen molar-refractivity contribution in [3.8, 4) is 0 Å². The van der Waals surface area contributed by atoms with E-state index in [0.29, 0.717) is 6.61 Å². The Bertz CT molecular complexity index is 1080. The first-order chi connectivity index (χ1) is 16.5. The standard InChI is InChI=1S/C31H35O2P/c1-5-33-31(32)30(24-26(4)17-15-16-25(2)3)34(27-18-9-6-10-19-27,28-20-11-7-12-21-28)29-22-13-8-14-23-29/h6-14,16,18-24H,5,15,17H2,1-4H3/b26-24-. The highest BCUT2D eigenvalue weighted by Gasteiger charge is 2.32. The summed E-state index contributed by atoms with van der Waals surface area (Å²) in [6.07, 6.45) is 6.20. The number of carbonyl (C=O) groups excluding carboxylic acids is 1. The molecule has 3 rings (SSSR count). The number of benzene rings is 3. The molecule has 0 aliphatic carbocycles. The van der Waals surface area contributed by atoms with Crippen LogP contribution >= 0.6 is 6.89 Å². The summed E-state index contributed by atoms with van der Waals surface area (Å²) in [6, 6.07) is 31.4. The smallest absolute Gasteiger partial charge is 0.339 e. The van der Waals surface area contributed by atoms with Gasteiger partial charge in [0.2, 0.25) is 0 Å². The zero-order valence-corrected chi connectivity index (χ0v) is 21.6. The Kier molecular flexibility index (Phi) is 9.31. The molecule has 2 nitrogen and oxygen atoms in total. The molecule has 3 aromatic rings. The molecule has 3 heteroatoms. The van der Waals surface area contributed by atoms with Crippen molar-refractivity contribution in [2.75, 3.05) is 6.61 Å². The molecule has 34 heavy (non-hydrogen) atoms. The third-order valence-corrected chi connectivity index (χ3v) is 10.0. The van der Waals surface area contributed by atoms with Crippen molar-refractivity contribution in [1.29, 1.82) is 0 Å². The maximum absolute atomic E-state index is 13.7. The number of carbonyl (C=O) groups is 1. The molecule has 176 valence electrons. The molecule has 0 heterocycles. The van der Waals surface area contributed by atoms with Crippen molar-refractivity contribution in [3.63, 3.8) is 0 Å². The predicted molar refractivity (Wildman–Crippen MR) is 149 cm³/mol. The third kappa shape index (κ3) is 5.88. The van der Waals surface area contributed by atoms with Gasteiger partial charge in [-0.25, -0.2) is 4.79 Å². The minimum Gasteiger partial charge on any atom is -0.462 e. The van der Waals surface area contributed by atoms with E-state index in [-0.39, 0.29) is 5.97 Å². The van der Waals surface area contributed by atoms with Gasteiger partial charge in [0.25, 0.3) is 0 Å². The first kappa shape index (κ1) is 25.5. The second-order valence-corrected chi connectivity index (χ2v) is 12.0. The molecule has 0 saturated carbocycles. The second-order valence-electron chi connectivity index (χ2n) is 8.59. The first-order valence-electron chi connectivity index (χ1n) is 11.9. The fourth-order valence-electron chi connectivity index (χ4n) is 4.21. The number of ether oxygens (including phenoxy) is 1. The van der Waals surface area contributed by atoms with Gasteiger partial charge < -0.3 is 4.74 Å². The van der Waals surface area contributed by atoms with Crippen molar-refractivity contribution in [2.24, 2.45) is 0 Å². The van der Waals surface area contributed by atoms with Crippen LogP contribution in [0.2, 0.25) is 0 Å². The molecule has 0 spiro atoms. The van der Waals surface area contributed by atoms with Crippen molar-refractivity contribution >= 4 is 34.1 Å². The Morgan fingerprint density at radius 3 is 1.59 bits per heavy atom. The predicted octanol–water partition coefficient (Wildman–Crippen LogP) is 6.41. The molecule has 0 saturated heterocycles. The van der Waals surface area contributed by atoms with Gasteiger partial charge in [0.05, 0.1) is 11.9 Å². The van der Waals surface area contributed by atoms with Crippen LogP contribution in [0.1, 0.15) is 40.5 Å². The van der Waals surface area contributed by atoms with Crippen LogP contribution in [0.3, 0.4) is 0 Å². The van der Waals surface area contributed by atoms with Crippen molar-refractivity contribution in [3.05, 3.63) is 114 Å². The van der Waals surface area contributed by atoms with E-state index in [1.54, 1.807) is 0 Å². The second kappa shape index (κ2) is 12.4. The Balaban J connectivity index is 2.47. The SMILES string of the molecule is CCOC(=O)C(/C=C(/C)CCC=C(C)C)=P(c1ccccc1)(c1ccccc1)c1ccccc1. The van der Waals surface area contributed by atoms with Crippen molar-refractivity contribution in [1.82, 2.24) is 0 Å². The quantitative estimate of drug-likeness (QED) is 0.205. The summed E-state index contributed by atoms with van der Waals surface area (Å²) >= 11 is 0. The van der Waals surface area contributed by atoms with Gasteiger partial charge >= 0.3 is 5.97 Å². The topological polar surface area (TPSA) is 26.3 Å². The lowest BCUT2D eigenvalue weighted by atomic mass is 10.1. The number of allylic oxidation sites excluding steroid dienone is 3. The van der Waals surface area contributed by atoms with Crippen LogP contribution < -0.4 is 15.9 Å². The summed E-state index contributed by atoms with van der Waals surface area (Å²) in [7, 11) is 0. The maximum atomic E-state index is 13.7. The number of esters is 1. The highest BCUT2D eigenvalue weighted by molar-refractivity contribution is 7.96. The molecule has 0 fully saturated rings. The summed E-state index contributed by atoms with van der Waals surface area (Å²) in [4.78, 5) is 13.7. The van der Waals surface area contributed by atoms with E-state index >= 15 is 0 Å². The average molecular weight is 471 g/mol. The zero-order valence-electron chi connectivity index (χ0n) is 20.7. The van der Waals surface area contributed by atoms with E-state index in [1.807, 2.05) is 25.1 Å². The van der Waals surface area contributed by atoms with Gasteiger partial charge in [-0.2, -0.15) is 0 Å². The van der Waals surface area contributed by atoms with Crippen LogP contribution in [0.15, 0.2) is 114 Å². The van der Waals surface area contributed by atoms with Crippen LogP contribution in [-0.2, 0) is 9.53 Å². The monoisotopic (exact) mass is 470 g/mol. The van der Waals surface area contributed by atoms with E-state index < -0.39 is 6.89 Å². The van der Waals surface area contributed by atoms with Gasteiger partial charge in [-0.15, -0.1) is 0 Å². The van der Waals surface area contributed by atoms with Crippen molar-refractivity contribution < 1.29 is 9.53 Å². The summed E-state index contributed by atoms with van der Waals surface area (Å²) in [6.45, 7) is 6.06. The van der Waals surface area contributed by atoms with Crippen molar-refractivity contribution in [2.45, 2.75) is 40.5 Å². The van der Waals surface area contributed by atoms with Crippen LogP contribution in [-0.4, -0.2) is 17.9 Å². The zero-order chi connectivity index (χ0) is 24.4. The van der Waals surface area contributed by atoms with E-state index in [9.17, 15) is 4.79 Å². The normalized spacial score (nSPS) is 11.6. The Hall–Kier alpha value is -3.09. The van der Waals surface area contributed by atoms with Crippen LogP contribution in [0.4, 0.5) is 0 Å². The van der Waals surface area contributed by atoms with Gasteiger partial charge in [0, 0.05) is 0 Å². The number of hydrogen-bond donors (Lipinski definition) is 0. The van der Waals surface area contributed by atoms with Gasteiger partial charge in [0.1, 0.15) is 0 Å². The summed E-state index contributed by atoms with van der Waals surface area (Å²) in [5.74, 6) is -0.242. The Labute approximate surface area is 205 Å². The van der Waals surface area contributed by atoms with E-state index in [1.165, 1.54) is 11.1 Å². The van der Waals surface area contributed by atoms with Gasteiger partial charge in [-0.05, 0) is 69.4 Å². The third-order valence-electron chi connectivity index (χ3n) is 5.75. The molecule has 0 atom stereocenters. The highest BCUT2D eigenvalue weighted by atomic mass is 31.2. The molecule has 0 aliphatic rings. The molecular weight excluding hydrogens is 435 g/mol. The van der Waals surface area contributed by atoms with Gasteiger partial charge in [-0.1, -0.05) is 108 Å². The van der Waals surface area contributed by atoms with Crippen LogP contribution in [0, 0.1) is 0 Å². The average Bonchev–Trinajstić information content (AvgIpc) is 2.86. The lowest BCUT2D eigenvalue weighted by molar-refractivity contribution is -0.134. The summed E-state index contributed by atoms with van der Waals surface area (Å²) in [5.41, 5.74) is 2.48. The van der Waals surface area contributed by atoms with Gasteiger partial charge in [-0.3, -0.25) is 0 Å². The molecular formula is C31H35O2P. The van der Waals surface area contributed by atoms with E-state index in [0.717, 1.165) is 34.0 Å². The minimum atomic E-state index is -2.50. The van der Waals surface area contributed by atoms with E-state index in [2.05, 4.69) is 106 Å². The van der Waals surface area contributed by atoms with Crippen LogP contribution in [0.25, 0.3) is 0 Å². The molecule has 0 N–H and O–H groups in total. The molecule has 0 aliphatic heterocycles. The number of rotatable bonds is 9. The molecule has 0 radical (unpaired) electrons. The first-order valence-corrected chi connectivity index (χ1v) is 13.7. The Morgan fingerprint density at radius 1 is 0.765 bits per heavy atom. The Morgan fingerprint density at radius 2 is 1.21 bits per heavy atom. The maximum Gasteiger partial charge on any atom is 0.339 e. The minimum absolute atomic E-state index is 0.242. The molecule has 0 aromatic heterocycles. The fraction of sp³-hybridized carbons (Fsp3) is 0.226.